The monoisotopic (exact) mass is 359 g/mol. The van der Waals surface area contributed by atoms with Crippen LogP contribution in [-0.2, 0) is 0 Å². The van der Waals surface area contributed by atoms with Gasteiger partial charge in [-0.15, -0.1) is 0 Å². The predicted molar refractivity (Wildman–Crippen MR) is 102 cm³/mol. The largest absolute Gasteiger partial charge is 0.504 e. The van der Waals surface area contributed by atoms with Gasteiger partial charge in [-0.3, -0.25) is 5.73 Å². The Hall–Kier alpha value is -3.77. The molecule has 6 heteroatoms. The smallest absolute Gasteiger partial charge is 0.289 e. The standard InChI is InChI=1S/C21H18N4O2/c1-4-27-18-8-13(5-6-17(18)26)7-14-11(2)15(9-22)20-19(14)12(3)16(10-23)21(24)25-20/h5-8,26H,4H2,1-3H3,(H2,24,25)/p+1. The van der Waals surface area contributed by atoms with Gasteiger partial charge in [-0.05, 0) is 61.3 Å². The number of allylic oxidation sites excluding steroid dienone is 3. The van der Waals surface area contributed by atoms with E-state index in [1.54, 1.807) is 18.2 Å². The van der Waals surface area contributed by atoms with Gasteiger partial charge in [0.25, 0.3) is 5.82 Å². The van der Waals surface area contributed by atoms with Crippen LogP contribution in [0.5, 0.6) is 11.5 Å². The zero-order valence-electron chi connectivity index (χ0n) is 15.3. The lowest BCUT2D eigenvalue weighted by molar-refractivity contribution is -0.364. The highest BCUT2D eigenvalue weighted by Gasteiger charge is 2.32. The fraction of sp³-hybridized carbons (Fsp3) is 0.190. The minimum Gasteiger partial charge on any atom is -0.504 e. The molecular formula is C21H19N4O2+. The number of nitrogen functional groups attached to an aromatic ring is 1. The number of hydrogen-bond donors (Lipinski definition) is 2. The molecule has 0 saturated carbocycles. The van der Waals surface area contributed by atoms with Crippen LogP contribution < -0.4 is 15.5 Å². The molecule has 4 N–H and O–H groups in total. The van der Waals surface area contributed by atoms with Crippen LogP contribution in [0.25, 0.3) is 17.2 Å². The molecule has 0 unspecified atom stereocenters. The molecule has 1 aliphatic rings. The maximum absolute atomic E-state index is 9.91. The number of benzene rings is 1. The number of nitrogens with two attached hydrogens (primary N) is 1. The van der Waals surface area contributed by atoms with Gasteiger partial charge in [0, 0.05) is 5.56 Å². The molecular weight excluding hydrogens is 340 g/mol. The number of pyridine rings is 1. The molecule has 0 saturated heterocycles. The first-order chi connectivity index (χ1) is 12.9. The van der Waals surface area contributed by atoms with Crippen molar-refractivity contribution in [1.82, 2.24) is 0 Å². The summed E-state index contributed by atoms with van der Waals surface area (Å²) in [5, 5.41) is 28.9. The quantitative estimate of drug-likeness (QED) is 0.872. The molecule has 1 aliphatic carbocycles. The number of aromatic amines is 1. The zero-order chi connectivity index (χ0) is 19.7. The molecule has 0 bridgehead atoms. The van der Waals surface area contributed by atoms with Crippen LogP contribution in [0.4, 0.5) is 5.82 Å². The lowest BCUT2D eigenvalue weighted by Crippen LogP contribution is -2.20. The summed E-state index contributed by atoms with van der Waals surface area (Å²) < 4.78 is 5.45. The van der Waals surface area contributed by atoms with Gasteiger partial charge in [-0.25, -0.2) is 4.98 Å². The highest BCUT2D eigenvalue weighted by molar-refractivity contribution is 6.07. The first-order valence-electron chi connectivity index (χ1n) is 8.47. The summed E-state index contributed by atoms with van der Waals surface area (Å²) in [5.41, 5.74) is 11.4. The second-order valence-electron chi connectivity index (χ2n) is 6.23. The molecule has 0 radical (unpaired) electrons. The summed E-state index contributed by atoms with van der Waals surface area (Å²) in [6.45, 7) is 5.97. The van der Waals surface area contributed by atoms with Gasteiger partial charge in [0.15, 0.2) is 17.2 Å². The van der Waals surface area contributed by atoms with Crippen molar-refractivity contribution < 1.29 is 14.8 Å². The van der Waals surface area contributed by atoms with Gasteiger partial charge in [-0.1, -0.05) is 6.07 Å². The number of phenolic OH excluding ortho intramolecular Hbond substituents is 1. The van der Waals surface area contributed by atoms with Crippen molar-refractivity contribution in [2.75, 3.05) is 12.3 Å². The number of anilines is 1. The summed E-state index contributed by atoms with van der Waals surface area (Å²) in [4.78, 5) is 3.01. The Morgan fingerprint density at radius 1 is 1.26 bits per heavy atom. The zero-order valence-corrected chi connectivity index (χ0v) is 15.3. The van der Waals surface area contributed by atoms with E-state index in [4.69, 9.17) is 10.5 Å². The van der Waals surface area contributed by atoms with Crippen LogP contribution >= 0.6 is 0 Å². The van der Waals surface area contributed by atoms with Crippen LogP contribution in [0, 0.1) is 29.6 Å². The third kappa shape index (κ3) is 2.88. The number of hydrogen-bond acceptors (Lipinski definition) is 5. The van der Waals surface area contributed by atoms with E-state index in [1.807, 2.05) is 26.8 Å². The Kier molecular flexibility index (Phi) is 4.58. The van der Waals surface area contributed by atoms with Crippen LogP contribution in [-0.4, -0.2) is 11.7 Å². The van der Waals surface area contributed by atoms with E-state index in [1.165, 1.54) is 0 Å². The fourth-order valence-electron chi connectivity index (χ4n) is 3.33. The third-order valence-corrected chi connectivity index (χ3v) is 4.65. The topological polar surface area (TPSA) is 117 Å². The molecule has 1 aromatic carbocycles. The molecule has 27 heavy (non-hydrogen) atoms. The number of fused-ring (bicyclic) bond motifs is 1. The molecule has 0 fully saturated rings. The van der Waals surface area contributed by atoms with Gasteiger partial charge in [0.1, 0.15) is 23.3 Å². The van der Waals surface area contributed by atoms with Gasteiger partial charge in [-0.2, -0.15) is 10.5 Å². The summed E-state index contributed by atoms with van der Waals surface area (Å²) in [6, 6.07) is 9.42. The summed E-state index contributed by atoms with van der Waals surface area (Å²) in [5.74, 6) is 0.712. The molecule has 0 aliphatic heterocycles. The average Bonchev–Trinajstić information content (AvgIpc) is 2.89. The molecule has 1 aromatic heterocycles. The van der Waals surface area contributed by atoms with Crippen LogP contribution in [0.2, 0.25) is 0 Å². The summed E-state index contributed by atoms with van der Waals surface area (Å²) >= 11 is 0. The number of nitriles is 2. The van der Waals surface area contributed by atoms with E-state index >= 15 is 0 Å². The lowest BCUT2D eigenvalue weighted by atomic mass is 9.95. The molecule has 3 rings (SSSR count). The number of aromatic hydroxyl groups is 1. The van der Waals surface area contributed by atoms with E-state index in [-0.39, 0.29) is 11.6 Å². The second kappa shape index (κ2) is 6.86. The number of aromatic nitrogens is 1. The van der Waals surface area contributed by atoms with Crippen molar-refractivity contribution in [3.8, 4) is 23.6 Å². The highest BCUT2D eigenvalue weighted by atomic mass is 16.5. The van der Waals surface area contributed by atoms with Crippen molar-refractivity contribution in [3.63, 3.8) is 0 Å². The Balaban J connectivity index is 2.26. The number of rotatable bonds is 3. The van der Waals surface area contributed by atoms with Crippen LogP contribution in [0.3, 0.4) is 0 Å². The van der Waals surface area contributed by atoms with Crippen molar-refractivity contribution in [2.45, 2.75) is 20.8 Å². The van der Waals surface area contributed by atoms with E-state index < -0.39 is 0 Å². The SMILES string of the molecule is CCOc1cc(C=C2C(C)=C(C#N)c3[nH+]c(N)c(C#N)c(C)c32)ccc1O. The van der Waals surface area contributed by atoms with Gasteiger partial charge in [0.2, 0.25) is 0 Å². The predicted octanol–water partition coefficient (Wildman–Crippen LogP) is 3.22. The Morgan fingerprint density at radius 2 is 2.00 bits per heavy atom. The van der Waals surface area contributed by atoms with Crippen molar-refractivity contribution in [2.24, 2.45) is 0 Å². The first-order valence-corrected chi connectivity index (χ1v) is 8.47. The first kappa shape index (κ1) is 18.0. The number of nitrogens with zero attached hydrogens (tertiary/aromatic N) is 2. The van der Waals surface area contributed by atoms with Crippen LogP contribution in [0.1, 0.15) is 41.8 Å². The molecule has 0 atom stereocenters. The number of phenols is 1. The lowest BCUT2D eigenvalue weighted by Gasteiger charge is -2.10. The average molecular weight is 359 g/mol. The van der Waals surface area contributed by atoms with Crippen molar-refractivity contribution in [3.05, 3.63) is 51.7 Å². The van der Waals surface area contributed by atoms with E-state index in [2.05, 4.69) is 17.1 Å². The van der Waals surface area contributed by atoms with E-state index in [9.17, 15) is 15.6 Å². The molecule has 6 nitrogen and oxygen atoms in total. The second-order valence-corrected chi connectivity index (χ2v) is 6.23. The van der Waals surface area contributed by atoms with Gasteiger partial charge in [0.05, 0.1) is 6.61 Å². The minimum atomic E-state index is 0.0693. The van der Waals surface area contributed by atoms with Gasteiger partial charge >= 0.3 is 0 Å². The minimum absolute atomic E-state index is 0.0693. The molecule has 2 aromatic rings. The Bertz CT molecular complexity index is 1100. The van der Waals surface area contributed by atoms with E-state index in [0.717, 1.165) is 27.8 Å². The molecule has 0 spiro atoms. The number of ether oxygens (including phenoxy) is 1. The highest BCUT2D eigenvalue weighted by Crippen LogP contribution is 2.43. The maximum Gasteiger partial charge on any atom is 0.289 e. The van der Waals surface area contributed by atoms with Gasteiger partial charge < -0.3 is 9.84 Å². The number of nitrogens with one attached hydrogen (secondary N) is 1. The molecule has 0 amide bonds. The Labute approximate surface area is 157 Å². The molecule has 1 heterocycles. The maximum atomic E-state index is 9.91. The summed E-state index contributed by atoms with van der Waals surface area (Å²) in [7, 11) is 0. The third-order valence-electron chi connectivity index (χ3n) is 4.65. The van der Waals surface area contributed by atoms with Crippen LogP contribution in [0.15, 0.2) is 23.8 Å². The number of H-pyrrole nitrogens is 1. The molecule has 134 valence electrons. The van der Waals surface area contributed by atoms with Crippen molar-refractivity contribution in [1.29, 1.82) is 10.5 Å². The summed E-state index contributed by atoms with van der Waals surface area (Å²) in [6.07, 6.45) is 1.92. The van der Waals surface area contributed by atoms with E-state index in [0.29, 0.717) is 29.2 Å². The fourth-order valence-corrected chi connectivity index (χ4v) is 3.33. The Morgan fingerprint density at radius 3 is 2.63 bits per heavy atom. The van der Waals surface area contributed by atoms with Crippen molar-refractivity contribution >= 4 is 23.0 Å². The normalized spacial score (nSPS) is 14.0.